The summed E-state index contributed by atoms with van der Waals surface area (Å²) in [5.41, 5.74) is 0.963. The maximum atomic E-state index is 13.0. The van der Waals surface area contributed by atoms with Crippen LogP contribution in [0.2, 0.25) is 0 Å². The molecule has 2 heterocycles. The number of hydrogen-bond acceptors (Lipinski definition) is 8. The molecular formula is C14H14N6O6S. The van der Waals surface area contributed by atoms with Crippen molar-refractivity contribution in [3.8, 4) is 0 Å². The third-order valence-corrected chi connectivity index (χ3v) is 5.78. The van der Waals surface area contributed by atoms with Gasteiger partial charge in [-0.25, -0.2) is 18.6 Å². The molecule has 3 N–H and O–H groups in total. The van der Waals surface area contributed by atoms with Gasteiger partial charge in [0, 0.05) is 25.2 Å². The monoisotopic (exact) mass is 394 g/mol. The van der Waals surface area contributed by atoms with Crippen molar-refractivity contribution in [1.82, 2.24) is 19.5 Å². The Balaban J connectivity index is 2.07. The minimum atomic E-state index is -4.49. The number of para-hydroxylation sites is 1. The summed E-state index contributed by atoms with van der Waals surface area (Å²) in [5.74, 6) is 3.37. The van der Waals surface area contributed by atoms with Gasteiger partial charge >= 0.3 is 0 Å². The lowest BCUT2D eigenvalue weighted by atomic mass is 10.3. The first-order valence-corrected chi connectivity index (χ1v) is 9.10. The molecule has 12 nitrogen and oxygen atoms in total. The van der Waals surface area contributed by atoms with E-state index < -0.39 is 37.3 Å². The molecule has 0 aliphatic carbocycles. The van der Waals surface area contributed by atoms with Crippen LogP contribution in [0.5, 0.6) is 0 Å². The van der Waals surface area contributed by atoms with Crippen LogP contribution in [-0.2, 0) is 16.6 Å². The standard InChI is InChI=1S/C14H14N6O6S/c15-16-13(21)9-8-11-14(22)19(7-3-6-18(11)17-9)27(25,26)12-5-2-1-4-10(12)20(23)24/h1-2,4-5,8H,3,6-7,15H2,(H,16,21). The number of nitrogen functional groups attached to an aromatic ring is 1. The number of carbonyl (C=O) groups is 2. The lowest BCUT2D eigenvalue weighted by molar-refractivity contribution is -0.387. The van der Waals surface area contributed by atoms with E-state index in [1.165, 1.54) is 16.8 Å². The van der Waals surface area contributed by atoms with Gasteiger partial charge in [-0.05, 0) is 12.5 Å². The van der Waals surface area contributed by atoms with Crippen LogP contribution in [0.4, 0.5) is 5.69 Å². The second-order valence-corrected chi connectivity index (χ2v) is 7.40. The smallest absolute Gasteiger partial charge is 0.289 e. The summed E-state index contributed by atoms with van der Waals surface area (Å²) in [6.45, 7) is -0.00315. The van der Waals surface area contributed by atoms with Crippen molar-refractivity contribution in [3.05, 3.63) is 51.8 Å². The second kappa shape index (κ2) is 6.77. The lowest BCUT2D eigenvalue weighted by Gasteiger charge is -2.19. The minimum absolute atomic E-state index is 0.131. The zero-order chi connectivity index (χ0) is 19.8. The Bertz CT molecular complexity index is 1050. The first-order chi connectivity index (χ1) is 12.8. The summed E-state index contributed by atoms with van der Waals surface area (Å²) in [7, 11) is -4.49. The summed E-state index contributed by atoms with van der Waals surface area (Å²) >= 11 is 0. The van der Waals surface area contributed by atoms with Gasteiger partial charge in [0.15, 0.2) is 10.6 Å². The average Bonchev–Trinajstić information content (AvgIpc) is 3.01. The highest BCUT2D eigenvalue weighted by molar-refractivity contribution is 7.89. The van der Waals surface area contributed by atoms with Crippen LogP contribution in [-0.4, -0.2) is 45.8 Å². The summed E-state index contributed by atoms with van der Waals surface area (Å²) < 4.78 is 27.7. The van der Waals surface area contributed by atoms with Crippen molar-refractivity contribution in [2.24, 2.45) is 5.84 Å². The number of nitro benzene ring substituents is 1. The van der Waals surface area contributed by atoms with Crippen LogP contribution >= 0.6 is 0 Å². The Labute approximate surface area is 152 Å². The molecule has 1 aromatic heterocycles. The molecule has 3 rings (SSSR count). The molecule has 1 aliphatic rings. The van der Waals surface area contributed by atoms with Crippen LogP contribution in [0.1, 0.15) is 27.4 Å². The number of nitrogens with two attached hydrogens (primary N) is 1. The molecule has 2 amide bonds. The first-order valence-electron chi connectivity index (χ1n) is 7.66. The highest BCUT2D eigenvalue weighted by Crippen LogP contribution is 2.28. The third kappa shape index (κ3) is 3.13. The average molecular weight is 394 g/mol. The van der Waals surface area contributed by atoms with Crippen molar-refractivity contribution >= 4 is 27.5 Å². The fourth-order valence-corrected chi connectivity index (χ4v) is 4.29. The first kappa shape index (κ1) is 18.5. The van der Waals surface area contributed by atoms with E-state index in [2.05, 4.69) is 5.10 Å². The molecule has 0 saturated carbocycles. The molecule has 1 aliphatic heterocycles. The van der Waals surface area contributed by atoms with E-state index in [4.69, 9.17) is 5.84 Å². The molecule has 0 atom stereocenters. The Morgan fingerprint density at radius 2 is 2.00 bits per heavy atom. The zero-order valence-corrected chi connectivity index (χ0v) is 14.5. The van der Waals surface area contributed by atoms with Crippen LogP contribution in [0, 0.1) is 10.1 Å². The van der Waals surface area contributed by atoms with E-state index in [1.54, 1.807) is 0 Å². The molecular weight excluding hydrogens is 380 g/mol. The van der Waals surface area contributed by atoms with Crippen LogP contribution < -0.4 is 11.3 Å². The van der Waals surface area contributed by atoms with E-state index in [0.29, 0.717) is 4.31 Å². The highest BCUT2D eigenvalue weighted by Gasteiger charge is 2.37. The predicted octanol–water partition coefficient (Wildman–Crippen LogP) is -0.370. The molecule has 0 radical (unpaired) electrons. The van der Waals surface area contributed by atoms with Crippen molar-refractivity contribution < 1.29 is 22.9 Å². The fourth-order valence-electron chi connectivity index (χ4n) is 2.71. The van der Waals surface area contributed by atoms with Crippen molar-refractivity contribution in [2.45, 2.75) is 17.9 Å². The number of hydrogen-bond donors (Lipinski definition) is 2. The molecule has 2 aromatic rings. The normalized spacial score (nSPS) is 14.4. The number of aromatic nitrogens is 2. The summed E-state index contributed by atoms with van der Waals surface area (Å²) in [5, 5.41) is 15.1. The van der Waals surface area contributed by atoms with Crippen LogP contribution in [0.15, 0.2) is 35.2 Å². The predicted molar refractivity (Wildman–Crippen MR) is 89.8 cm³/mol. The number of aryl methyl sites for hydroxylation is 1. The molecule has 0 saturated heterocycles. The van der Waals surface area contributed by atoms with Crippen molar-refractivity contribution in [3.63, 3.8) is 0 Å². The number of nitrogens with one attached hydrogen (secondary N) is 1. The van der Waals surface area contributed by atoms with Gasteiger partial charge < -0.3 is 0 Å². The molecule has 0 spiro atoms. The van der Waals surface area contributed by atoms with E-state index in [9.17, 15) is 28.1 Å². The SMILES string of the molecule is NNC(=O)c1cc2n(n1)CCCN(S(=O)(=O)c1ccccc1[N+](=O)[O-])C2=O. The Hall–Kier alpha value is -3.32. The molecule has 142 valence electrons. The zero-order valence-electron chi connectivity index (χ0n) is 13.7. The van der Waals surface area contributed by atoms with Crippen molar-refractivity contribution in [1.29, 1.82) is 0 Å². The van der Waals surface area contributed by atoms with Gasteiger partial charge in [-0.3, -0.25) is 29.8 Å². The van der Waals surface area contributed by atoms with Gasteiger partial charge in [0.25, 0.3) is 27.5 Å². The van der Waals surface area contributed by atoms with E-state index in [0.717, 1.165) is 18.2 Å². The summed E-state index contributed by atoms with van der Waals surface area (Å²) in [6, 6.07) is 5.89. The van der Waals surface area contributed by atoms with Gasteiger partial charge in [-0.15, -0.1) is 0 Å². The minimum Gasteiger partial charge on any atom is -0.289 e. The van der Waals surface area contributed by atoms with Gasteiger partial charge in [0.2, 0.25) is 0 Å². The van der Waals surface area contributed by atoms with Gasteiger partial charge in [-0.1, -0.05) is 12.1 Å². The lowest BCUT2D eigenvalue weighted by Crippen LogP contribution is -2.37. The van der Waals surface area contributed by atoms with Crippen LogP contribution in [0.3, 0.4) is 0 Å². The quantitative estimate of drug-likeness (QED) is 0.306. The van der Waals surface area contributed by atoms with E-state index >= 15 is 0 Å². The number of benzene rings is 1. The number of hydrazine groups is 1. The molecule has 0 fully saturated rings. The number of nitro groups is 1. The number of fused-ring (bicyclic) bond motifs is 1. The van der Waals surface area contributed by atoms with Crippen molar-refractivity contribution in [2.75, 3.05) is 6.54 Å². The Morgan fingerprint density at radius 1 is 1.30 bits per heavy atom. The molecule has 13 heteroatoms. The number of amides is 2. The molecule has 27 heavy (non-hydrogen) atoms. The Morgan fingerprint density at radius 3 is 2.67 bits per heavy atom. The topological polar surface area (TPSA) is 171 Å². The maximum absolute atomic E-state index is 13.0. The van der Waals surface area contributed by atoms with Crippen LogP contribution in [0.25, 0.3) is 0 Å². The highest BCUT2D eigenvalue weighted by atomic mass is 32.2. The number of nitrogens with zero attached hydrogens (tertiary/aromatic N) is 4. The Kier molecular flexibility index (Phi) is 4.63. The van der Waals surface area contributed by atoms with Gasteiger partial charge in [-0.2, -0.15) is 5.10 Å². The number of rotatable bonds is 4. The number of sulfonamides is 1. The maximum Gasteiger partial charge on any atom is 0.289 e. The van der Waals surface area contributed by atoms with Gasteiger partial charge in [0.05, 0.1) is 4.92 Å². The third-order valence-electron chi connectivity index (χ3n) is 3.95. The van der Waals surface area contributed by atoms with E-state index in [1.807, 2.05) is 5.43 Å². The largest absolute Gasteiger partial charge is 0.289 e. The summed E-state index contributed by atoms with van der Waals surface area (Å²) in [4.78, 5) is 34.2. The summed E-state index contributed by atoms with van der Waals surface area (Å²) in [6.07, 6.45) is 0.212. The fraction of sp³-hybridized carbons (Fsp3) is 0.214. The molecule has 0 bridgehead atoms. The molecule has 1 aromatic carbocycles. The second-order valence-electron chi connectivity index (χ2n) is 5.57. The number of carbonyl (C=O) groups excluding carboxylic acids is 2. The van der Waals surface area contributed by atoms with Gasteiger partial charge in [0.1, 0.15) is 5.69 Å². The van der Waals surface area contributed by atoms with E-state index in [-0.39, 0.29) is 30.9 Å². The molecule has 0 unspecified atom stereocenters.